The Morgan fingerprint density at radius 3 is 1.67 bits per heavy atom. The van der Waals surface area contributed by atoms with Gasteiger partial charge in [-0.25, -0.2) is 0 Å². The average molecular weight is 1170 g/mol. The molecule has 0 aliphatic carbocycles. The predicted octanol–water partition coefficient (Wildman–Crippen LogP) is 1.43. The predicted molar refractivity (Wildman–Crippen MR) is 280 cm³/mol. The third-order valence-corrected chi connectivity index (χ3v) is 16.7. The van der Waals surface area contributed by atoms with Gasteiger partial charge in [-0.15, -0.1) is 0 Å². The second-order valence-corrected chi connectivity index (χ2v) is 23.0. The van der Waals surface area contributed by atoms with Gasteiger partial charge in [0, 0.05) is 6.42 Å². The Bertz CT molecular complexity index is 1900. The molecule has 6 aliphatic rings. The fourth-order valence-corrected chi connectivity index (χ4v) is 11.0. The van der Waals surface area contributed by atoms with Crippen molar-refractivity contribution in [2.24, 2.45) is 11.8 Å². The van der Waals surface area contributed by atoms with Gasteiger partial charge in [0.2, 0.25) is 0 Å². The van der Waals surface area contributed by atoms with E-state index in [2.05, 4.69) is 6.92 Å². The fraction of sp³-hybridized carbons (Fsp3) is 0.946. The molecule has 0 aromatic carbocycles. The first kappa shape index (κ1) is 67.8. The lowest BCUT2D eigenvalue weighted by Crippen LogP contribution is -2.68. The molecular weight excluding hydrogens is 1070 g/mol. The maximum Gasteiger partial charge on any atom is 0.309 e. The molecule has 0 unspecified atom stereocenters. The number of unbranched alkanes of at least 4 members (excludes halogenated alkanes) is 2. The highest BCUT2D eigenvalue weighted by molar-refractivity contribution is 5.72. The van der Waals surface area contributed by atoms with Crippen molar-refractivity contribution >= 4 is 17.9 Å². The van der Waals surface area contributed by atoms with Crippen molar-refractivity contribution in [3.05, 3.63) is 0 Å². The minimum atomic E-state index is -1.92. The van der Waals surface area contributed by atoms with Crippen LogP contribution in [0.4, 0.5) is 0 Å². The van der Waals surface area contributed by atoms with Gasteiger partial charge >= 0.3 is 17.9 Å². The number of carbonyl (C=O) groups excluding carboxylic acids is 3. The molecule has 0 aromatic heterocycles. The molecule has 25 heteroatoms. The second kappa shape index (κ2) is 31.9. The first-order chi connectivity index (χ1) is 38.5. The Balaban J connectivity index is 1.35. The molecule has 0 saturated carbocycles. The largest absolute Gasteiger partial charge is 0.457 e. The minimum Gasteiger partial charge on any atom is -0.457 e. The molecule has 9 N–H and O–H groups in total. The van der Waals surface area contributed by atoms with E-state index in [1.807, 2.05) is 0 Å². The van der Waals surface area contributed by atoms with E-state index in [9.17, 15) is 60.3 Å². The number of carbonyl (C=O) groups is 3. The average Bonchev–Trinajstić information content (AvgIpc) is 3.51. The zero-order valence-corrected chi connectivity index (χ0v) is 48.5. The van der Waals surface area contributed by atoms with E-state index in [0.717, 1.165) is 57.8 Å². The van der Waals surface area contributed by atoms with Crippen LogP contribution in [0.25, 0.3) is 0 Å². The van der Waals surface area contributed by atoms with Gasteiger partial charge in [0.05, 0.1) is 49.0 Å². The molecule has 25 nitrogen and oxygen atoms in total. The number of aliphatic hydroxyl groups is 9. The van der Waals surface area contributed by atoms with Crippen molar-refractivity contribution in [3.8, 4) is 0 Å². The molecule has 0 spiro atoms. The molecule has 6 rings (SSSR count). The maximum atomic E-state index is 14.0. The van der Waals surface area contributed by atoms with Gasteiger partial charge in [-0.1, -0.05) is 92.4 Å². The third-order valence-electron chi connectivity index (χ3n) is 16.7. The Hall–Kier alpha value is -2.35. The molecule has 6 heterocycles. The maximum absolute atomic E-state index is 14.0. The van der Waals surface area contributed by atoms with E-state index in [-0.39, 0.29) is 18.9 Å². The summed E-state index contributed by atoms with van der Waals surface area (Å²) in [6.45, 7) is 14.1. The summed E-state index contributed by atoms with van der Waals surface area (Å²) in [6, 6.07) is 0. The molecular formula is C56H96O25. The topological polar surface area (TPSA) is 353 Å². The van der Waals surface area contributed by atoms with E-state index < -0.39 is 190 Å². The number of esters is 3. The highest BCUT2D eigenvalue weighted by atomic mass is 16.8. The van der Waals surface area contributed by atoms with Crippen LogP contribution in [-0.4, -0.2) is 230 Å². The van der Waals surface area contributed by atoms with Crippen LogP contribution in [0.3, 0.4) is 0 Å². The van der Waals surface area contributed by atoms with Crippen LogP contribution >= 0.6 is 0 Å². The Morgan fingerprint density at radius 2 is 1.04 bits per heavy atom. The summed E-state index contributed by atoms with van der Waals surface area (Å²) in [5.74, 6) is -3.45. The van der Waals surface area contributed by atoms with Crippen LogP contribution in [0.2, 0.25) is 0 Å². The molecule has 28 atom stereocenters. The third kappa shape index (κ3) is 17.2. The van der Waals surface area contributed by atoms with Crippen LogP contribution in [0.15, 0.2) is 0 Å². The first-order valence-corrected chi connectivity index (χ1v) is 29.8. The zero-order valence-electron chi connectivity index (χ0n) is 48.5. The van der Waals surface area contributed by atoms with Crippen LogP contribution in [0.5, 0.6) is 0 Å². The first-order valence-electron chi connectivity index (χ1n) is 29.8. The summed E-state index contributed by atoms with van der Waals surface area (Å²) >= 11 is 0. The van der Waals surface area contributed by atoms with Crippen LogP contribution in [-0.2, 0) is 76.0 Å². The molecule has 0 radical (unpaired) electrons. The number of hydrogen-bond acceptors (Lipinski definition) is 25. The van der Waals surface area contributed by atoms with E-state index >= 15 is 0 Å². The van der Waals surface area contributed by atoms with Gasteiger partial charge in [-0.3, -0.25) is 14.4 Å². The van der Waals surface area contributed by atoms with Crippen molar-refractivity contribution in [1.82, 2.24) is 0 Å². The van der Waals surface area contributed by atoms with Crippen molar-refractivity contribution in [3.63, 3.8) is 0 Å². The van der Waals surface area contributed by atoms with Gasteiger partial charge in [0.1, 0.15) is 79.4 Å². The molecule has 0 aromatic rings. The van der Waals surface area contributed by atoms with E-state index in [4.69, 9.17) is 61.6 Å². The number of aliphatic hydroxyl groups excluding tert-OH is 9. The van der Waals surface area contributed by atoms with Crippen molar-refractivity contribution in [1.29, 1.82) is 0 Å². The number of hydrogen-bond donors (Lipinski definition) is 9. The molecule has 81 heavy (non-hydrogen) atoms. The Morgan fingerprint density at radius 1 is 0.506 bits per heavy atom. The summed E-state index contributed by atoms with van der Waals surface area (Å²) in [4.78, 5) is 40.7. The van der Waals surface area contributed by atoms with Gasteiger partial charge in [-0.2, -0.15) is 0 Å². The van der Waals surface area contributed by atoms with Gasteiger partial charge in [0.15, 0.2) is 49.8 Å². The zero-order chi connectivity index (χ0) is 59.4. The van der Waals surface area contributed by atoms with Gasteiger partial charge < -0.3 is 108 Å². The molecule has 0 bridgehead atoms. The minimum absolute atomic E-state index is 0.0515. The quantitative estimate of drug-likeness (QED) is 0.0565. The smallest absolute Gasteiger partial charge is 0.309 e. The molecule has 6 aliphatic heterocycles. The van der Waals surface area contributed by atoms with Crippen LogP contribution in [0.1, 0.15) is 159 Å². The normalized spacial score (nSPS) is 44.2. The summed E-state index contributed by atoms with van der Waals surface area (Å²) in [5, 5.41) is 102. The summed E-state index contributed by atoms with van der Waals surface area (Å²) in [7, 11) is 0. The van der Waals surface area contributed by atoms with Crippen molar-refractivity contribution in [2.45, 2.75) is 318 Å². The Labute approximate surface area is 475 Å². The number of rotatable bonds is 17. The lowest BCUT2D eigenvalue weighted by molar-refractivity contribution is -0.400. The van der Waals surface area contributed by atoms with Crippen LogP contribution in [0, 0.1) is 11.8 Å². The van der Waals surface area contributed by atoms with Crippen molar-refractivity contribution in [2.75, 3.05) is 6.61 Å². The number of ether oxygens (including phenoxy) is 13. The molecule has 6 saturated heterocycles. The summed E-state index contributed by atoms with van der Waals surface area (Å²) in [6.07, 6.45) is -29.3. The number of fused-ring (bicyclic) bond motifs is 2. The van der Waals surface area contributed by atoms with Gasteiger partial charge in [0.25, 0.3) is 0 Å². The van der Waals surface area contributed by atoms with E-state index in [1.165, 1.54) is 27.7 Å². The lowest BCUT2D eigenvalue weighted by atomic mass is 9.95. The SMILES string of the molecule is CCCCC[C@H]1CCCCCCCCCC(=O)O[C@H]2[C@H](O[C@H]3[C@H](O1)O[C@H](CO)[C@@H](O)[C@@H]3O)O[C@@H](C)[C@H](O[C@@H]1O[C@@H](C)[C@H](O[C@@H]3O[C@@H](C)[C@H](OC(=O)[C@@H](C)CC)[C@@H](O)[C@H]3O)[C@@H](O[C@@H]3O[C@@H](C)[C@H](O)[C@@H](O)[C@H]3O)[C@H]1OC(=O)[C@@H](C)CC)[C@H]2O. The monoisotopic (exact) mass is 1170 g/mol. The van der Waals surface area contributed by atoms with Gasteiger partial charge in [-0.05, 0) is 59.8 Å². The Kier molecular flexibility index (Phi) is 26.7. The molecule has 470 valence electrons. The van der Waals surface area contributed by atoms with E-state index in [0.29, 0.717) is 25.7 Å². The highest BCUT2D eigenvalue weighted by Gasteiger charge is 2.59. The highest BCUT2D eigenvalue weighted by Crippen LogP contribution is 2.39. The standard InChI is InChI=1S/C56H96O25/c1-10-13-19-22-32-23-20-17-15-14-16-18-21-24-34(58)75-47-42(66)44(30(8)71-54(47)80-46-38(62)36(60)33(25-57)74-55(46)73-32)78-56-49(77-51(68)27(5)12-3)48(81-52-40(64)37(61)35(59)28(6)69-52)45(31(9)72-56)79-53-41(65)39(63)43(29(7)70-53)76-50(67)26(4)11-2/h26-33,35-49,52-57,59-66H,10-25H2,1-9H3/t26-,27-,28-,29-,30-,31-,32-,33+,35-,36+,37+,38-,39-,40+,41+,42+,43-,44-,45-,46+,47+,48+,49+,52-,53-,54-,55+,56-/m0/s1. The summed E-state index contributed by atoms with van der Waals surface area (Å²) < 4.78 is 81.3. The van der Waals surface area contributed by atoms with Crippen molar-refractivity contribution < 1.29 is 122 Å². The van der Waals surface area contributed by atoms with Crippen LogP contribution < -0.4 is 0 Å². The van der Waals surface area contributed by atoms with E-state index in [1.54, 1.807) is 27.7 Å². The molecule has 6 fully saturated rings. The molecule has 0 amide bonds. The lowest BCUT2D eigenvalue weighted by Gasteiger charge is -2.51. The summed E-state index contributed by atoms with van der Waals surface area (Å²) in [5.41, 5.74) is 0. The fourth-order valence-electron chi connectivity index (χ4n) is 11.0. The second-order valence-electron chi connectivity index (χ2n) is 23.0.